The van der Waals surface area contributed by atoms with Crippen LogP contribution in [0.3, 0.4) is 0 Å². The molecule has 0 saturated heterocycles. The second-order valence-electron chi connectivity index (χ2n) is 4.62. The van der Waals surface area contributed by atoms with Crippen molar-refractivity contribution >= 4 is 0 Å². The Morgan fingerprint density at radius 1 is 0.867 bits per heavy atom. The summed E-state index contributed by atoms with van der Waals surface area (Å²) in [5.74, 6) is 7.42. The van der Waals surface area contributed by atoms with Crippen LogP contribution in [0.1, 0.15) is 78.6 Å². The van der Waals surface area contributed by atoms with Gasteiger partial charge in [-0.25, -0.2) is 0 Å². The molecule has 0 aliphatic carbocycles. The molecule has 0 N–H and O–H groups in total. The van der Waals surface area contributed by atoms with E-state index in [0.29, 0.717) is 0 Å². The lowest BCUT2D eigenvalue weighted by atomic mass is 10.0. The highest BCUT2D eigenvalue weighted by atomic mass is 14.0. The van der Waals surface area contributed by atoms with Gasteiger partial charge in [-0.2, -0.15) is 0 Å². The molecule has 0 spiro atoms. The van der Waals surface area contributed by atoms with E-state index in [1.165, 1.54) is 44.9 Å². The van der Waals surface area contributed by atoms with E-state index in [0.717, 1.165) is 18.8 Å². The van der Waals surface area contributed by atoms with Gasteiger partial charge in [0.05, 0.1) is 0 Å². The summed E-state index contributed by atoms with van der Waals surface area (Å²) in [6, 6.07) is 0. The molecule has 0 aromatic carbocycles. The lowest BCUT2D eigenvalue weighted by Gasteiger charge is -2.04. The summed E-state index contributed by atoms with van der Waals surface area (Å²) in [6.45, 7) is 6.83. The third-order valence-corrected chi connectivity index (χ3v) is 2.78. The molecule has 0 bridgehead atoms. The van der Waals surface area contributed by atoms with Crippen molar-refractivity contribution in [3.8, 4) is 11.8 Å². The first-order valence-electron chi connectivity index (χ1n) is 6.77. The van der Waals surface area contributed by atoms with E-state index in [-0.39, 0.29) is 0 Å². The molecule has 0 heterocycles. The topological polar surface area (TPSA) is 0 Å². The molecule has 1 atom stereocenters. The molecule has 1 unspecified atom stereocenters. The Labute approximate surface area is 96.8 Å². The van der Waals surface area contributed by atoms with Gasteiger partial charge in [-0.1, -0.05) is 52.9 Å². The van der Waals surface area contributed by atoms with Crippen molar-refractivity contribution < 1.29 is 0 Å². The maximum absolute atomic E-state index is 3.32. The molecule has 0 rings (SSSR count). The molecule has 0 heteroatoms. The van der Waals surface area contributed by atoms with Crippen LogP contribution in [0.2, 0.25) is 0 Å². The Morgan fingerprint density at radius 2 is 1.60 bits per heavy atom. The zero-order valence-corrected chi connectivity index (χ0v) is 10.9. The summed E-state index contributed by atoms with van der Waals surface area (Å²) >= 11 is 0. The van der Waals surface area contributed by atoms with Gasteiger partial charge in [-0.05, 0) is 18.8 Å². The normalized spacial score (nSPS) is 11.9. The van der Waals surface area contributed by atoms with Gasteiger partial charge in [0.1, 0.15) is 0 Å². The van der Waals surface area contributed by atoms with E-state index in [4.69, 9.17) is 0 Å². The van der Waals surface area contributed by atoms with Crippen molar-refractivity contribution in [1.29, 1.82) is 0 Å². The van der Waals surface area contributed by atoms with E-state index in [1.807, 2.05) is 0 Å². The molecule has 0 aliphatic rings. The summed E-state index contributed by atoms with van der Waals surface area (Å²) in [7, 11) is 0. The van der Waals surface area contributed by atoms with Crippen molar-refractivity contribution in [2.45, 2.75) is 78.6 Å². The minimum Gasteiger partial charge on any atom is -0.103 e. The van der Waals surface area contributed by atoms with Crippen LogP contribution in [0.15, 0.2) is 0 Å². The maximum Gasteiger partial charge on any atom is 0.0114 e. The standard InChI is InChI=1S/C15H28/c1-4-6-8-9-10-11-12-14-15(3)13-7-5-2/h15H,4-10,13-14H2,1-3H3. The van der Waals surface area contributed by atoms with Crippen LogP contribution in [0.4, 0.5) is 0 Å². The van der Waals surface area contributed by atoms with Crippen molar-refractivity contribution in [2.24, 2.45) is 5.92 Å². The van der Waals surface area contributed by atoms with Crippen molar-refractivity contribution in [2.75, 3.05) is 0 Å². The molecule has 0 aliphatic heterocycles. The SMILES string of the molecule is CCCCCCC#CCC(C)CCCC. The number of unbranched alkanes of at least 4 members (excludes halogenated alkanes) is 5. The van der Waals surface area contributed by atoms with E-state index in [2.05, 4.69) is 32.6 Å². The lowest BCUT2D eigenvalue weighted by molar-refractivity contribution is 0.518. The predicted octanol–water partition coefficient (Wildman–Crippen LogP) is 5.18. The summed E-state index contributed by atoms with van der Waals surface area (Å²) in [5, 5.41) is 0. The van der Waals surface area contributed by atoms with E-state index in [9.17, 15) is 0 Å². The van der Waals surface area contributed by atoms with Gasteiger partial charge < -0.3 is 0 Å². The summed E-state index contributed by atoms with van der Waals surface area (Å²) in [6.07, 6.45) is 11.6. The van der Waals surface area contributed by atoms with E-state index < -0.39 is 0 Å². The first-order chi connectivity index (χ1) is 7.31. The molecule has 0 nitrogen and oxygen atoms in total. The highest BCUT2D eigenvalue weighted by Crippen LogP contribution is 2.10. The second kappa shape index (κ2) is 11.6. The number of hydrogen-bond acceptors (Lipinski definition) is 0. The fourth-order valence-corrected chi connectivity index (χ4v) is 1.63. The van der Waals surface area contributed by atoms with Gasteiger partial charge in [-0.15, -0.1) is 11.8 Å². The fraction of sp³-hybridized carbons (Fsp3) is 0.867. The molecule has 88 valence electrons. The minimum absolute atomic E-state index is 0.799. The molecule has 0 aromatic heterocycles. The van der Waals surface area contributed by atoms with Crippen molar-refractivity contribution in [3.63, 3.8) is 0 Å². The highest BCUT2D eigenvalue weighted by molar-refractivity contribution is 4.99. The number of hydrogen-bond donors (Lipinski definition) is 0. The summed E-state index contributed by atoms with van der Waals surface area (Å²) < 4.78 is 0. The van der Waals surface area contributed by atoms with Gasteiger partial charge >= 0.3 is 0 Å². The second-order valence-corrected chi connectivity index (χ2v) is 4.62. The average molecular weight is 208 g/mol. The van der Waals surface area contributed by atoms with Crippen LogP contribution < -0.4 is 0 Å². The molecule has 0 fully saturated rings. The van der Waals surface area contributed by atoms with Crippen molar-refractivity contribution in [3.05, 3.63) is 0 Å². The van der Waals surface area contributed by atoms with Gasteiger partial charge in [0, 0.05) is 12.8 Å². The Hall–Kier alpha value is -0.440. The zero-order chi connectivity index (χ0) is 11.4. The van der Waals surface area contributed by atoms with E-state index >= 15 is 0 Å². The Bertz CT molecular complexity index is 170. The van der Waals surface area contributed by atoms with Gasteiger partial charge in [0.15, 0.2) is 0 Å². The highest BCUT2D eigenvalue weighted by Gasteiger charge is 1.97. The molecule has 0 radical (unpaired) electrons. The average Bonchev–Trinajstić information content (AvgIpc) is 2.25. The van der Waals surface area contributed by atoms with Crippen LogP contribution in [0, 0.1) is 17.8 Å². The maximum atomic E-state index is 3.32. The Balaban J connectivity index is 3.28. The molecule has 0 aromatic rings. The third kappa shape index (κ3) is 11.5. The molecule has 0 saturated carbocycles. The summed E-state index contributed by atoms with van der Waals surface area (Å²) in [5.41, 5.74) is 0. The minimum atomic E-state index is 0.799. The molecule has 15 heavy (non-hydrogen) atoms. The first kappa shape index (κ1) is 14.6. The van der Waals surface area contributed by atoms with E-state index in [1.54, 1.807) is 0 Å². The monoisotopic (exact) mass is 208 g/mol. The molecular formula is C15H28. The summed E-state index contributed by atoms with van der Waals surface area (Å²) in [4.78, 5) is 0. The third-order valence-electron chi connectivity index (χ3n) is 2.78. The van der Waals surface area contributed by atoms with Crippen LogP contribution in [0.5, 0.6) is 0 Å². The van der Waals surface area contributed by atoms with Gasteiger partial charge in [-0.3, -0.25) is 0 Å². The molecular weight excluding hydrogens is 180 g/mol. The number of rotatable bonds is 8. The Morgan fingerprint density at radius 3 is 2.27 bits per heavy atom. The van der Waals surface area contributed by atoms with Gasteiger partial charge in [0.2, 0.25) is 0 Å². The van der Waals surface area contributed by atoms with Crippen LogP contribution in [-0.2, 0) is 0 Å². The predicted molar refractivity (Wildman–Crippen MR) is 69.8 cm³/mol. The smallest absolute Gasteiger partial charge is 0.0114 e. The molecule has 0 amide bonds. The first-order valence-corrected chi connectivity index (χ1v) is 6.77. The quantitative estimate of drug-likeness (QED) is 0.381. The largest absolute Gasteiger partial charge is 0.103 e. The zero-order valence-electron chi connectivity index (χ0n) is 10.9. The van der Waals surface area contributed by atoms with Crippen LogP contribution in [-0.4, -0.2) is 0 Å². The van der Waals surface area contributed by atoms with Crippen LogP contribution in [0.25, 0.3) is 0 Å². The fourth-order valence-electron chi connectivity index (χ4n) is 1.63. The lowest BCUT2D eigenvalue weighted by Crippen LogP contribution is -1.91. The van der Waals surface area contributed by atoms with Gasteiger partial charge in [0.25, 0.3) is 0 Å². The Kier molecular flexibility index (Phi) is 11.3. The van der Waals surface area contributed by atoms with Crippen LogP contribution >= 0.6 is 0 Å². The van der Waals surface area contributed by atoms with Crippen molar-refractivity contribution in [1.82, 2.24) is 0 Å².